The second-order valence-electron chi connectivity index (χ2n) is 8.12. The standard InChI is InChI=1S/C24H17Cl2FN2O5S2/c1-36(31,32)20-5-6-33-17-11-18-12(7-14(17)20)8-19(35-18)24(30)28-13-9-21(26)29-22(10-13)34-16-4-2-3-15(25)23(16)27/h2-4,7-11,20H,5-6H2,1H3,(H,28,29,30). The molecule has 186 valence electrons. The highest BCUT2D eigenvalue weighted by Gasteiger charge is 2.30. The fraction of sp³-hybridized carbons (Fsp3) is 0.167. The summed E-state index contributed by atoms with van der Waals surface area (Å²) in [6, 6.07) is 12.3. The molecule has 2 aromatic carbocycles. The van der Waals surface area contributed by atoms with Crippen LogP contribution in [0.15, 0.2) is 48.5 Å². The Labute approximate surface area is 219 Å². The van der Waals surface area contributed by atoms with Crippen molar-refractivity contribution >= 4 is 66.1 Å². The number of aromatic nitrogens is 1. The summed E-state index contributed by atoms with van der Waals surface area (Å²) in [6.07, 6.45) is 1.59. The number of hydrogen-bond acceptors (Lipinski definition) is 7. The van der Waals surface area contributed by atoms with Gasteiger partial charge in [-0.05, 0) is 41.8 Å². The Balaban J connectivity index is 1.41. The molecule has 12 heteroatoms. The first kappa shape index (κ1) is 24.8. The van der Waals surface area contributed by atoms with Crippen LogP contribution in [0.4, 0.5) is 10.1 Å². The second kappa shape index (κ2) is 9.51. The summed E-state index contributed by atoms with van der Waals surface area (Å²) in [4.78, 5) is 17.4. The number of rotatable bonds is 5. The van der Waals surface area contributed by atoms with Crippen molar-refractivity contribution in [2.24, 2.45) is 0 Å². The smallest absolute Gasteiger partial charge is 0.265 e. The van der Waals surface area contributed by atoms with Crippen molar-refractivity contribution in [1.82, 2.24) is 4.98 Å². The Morgan fingerprint density at radius 1 is 1.22 bits per heavy atom. The first-order valence-electron chi connectivity index (χ1n) is 10.6. The number of pyridine rings is 1. The van der Waals surface area contributed by atoms with Crippen LogP contribution in [0, 0.1) is 5.82 Å². The van der Waals surface area contributed by atoms with Gasteiger partial charge in [-0.3, -0.25) is 4.79 Å². The molecule has 1 amide bonds. The van der Waals surface area contributed by atoms with Gasteiger partial charge in [-0.1, -0.05) is 29.3 Å². The largest absolute Gasteiger partial charge is 0.493 e. The minimum Gasteiger partial charge on any atom is -0.493 e. The van der Waals surface area contributed by atoms with Crippen molar-refractivity contribution in [2.45, 2.75) is 11.7 Å². The number of nitrogens with zero attached hydrogens (tertiary/aromatic N) is 1. The Bertz CT molecular complexity index is 1620. The normalized spacial score (nSPS) is 15.3. The predicted molar refractivity (Wildman–Crippen MR) is 138 cm³/mol. The molecule has 1 N–H and O–H groups in total. The van der Waals surface area contributed by atoms with Crippen LogP contribution >= 0.6 is 34.5 Å². The minimum atomic E-state index is -3.31. The van der Waals surface area contributed by atoms with Crippen LogP contribution in [0.25, 0.3) is 10.1 Å². The van der Waals surface area contributed by atoms with Crippen LogP contribution in [-0.2, 0) is 9.84 Å². The van der Waals surface area contributed by atoms with E-state index < -0.39 is 26.8 Å². The molecule has 5 rings (SSSR count). The summed E-state index contributed by atoms with van der Waals surface area (Å²) in [6.45, 7) is 0.307. The maximum absolute atomic E-state index is 14.2. The minimum absolute atomic E-state index is 0.0261. The number of fused-ring (bicyclic) bond motifs is 2. The molecule has 1 atom stereocenters. The number of carbonyl (C=O) groups excluding carboxylic acids is 1. The fourth-order valence-electron chi connectivity index (χ4n) is 3.92. The molecule has 0 aliphatic carbocycles. The van der Waals surface area contributed by atoms with E-state index in [0.717, 1.165) is 10.1 Å². The average Bonchev–Trinajstić information content (AvgIpc) is 3.22. The number of ether oxygens (including phenoxy) is 2. The summed E-state index contributed by atoms with van der Waals surface area (Å²) in [5, 5.41) is 2.74. The molecule has 7 nitrogen and oxygen atoms in total. The zero-order valence-electron chi connectivity index (χ0n) is 18.5. The third-order valence-electron chi connectivity index (χ3n) is 5.53. The quantitative estimate of drug-likeness (QED) is 0.271. The monoisotopic (exact) mass is 566 g/mol. The van der Waals surface area contributed by atoms with Gasteiger partial charge in [0.1, 0.15) is 10.9 Å². The lowest BCUT2D eigenvalue weighted by molar-refractivity contribution is 0.103. The van der Waals surface area contributed by atoms with Gasteiger partial charge in [0, 0.05) is 34.7 Å². The zero-order chi connectivity index (χ0) is 25.6. The Morgan fingerprint density at radius 3 is 2.81 bits per heavy atom. The summed E-state index contributed by atoms with van der Waals surface area (Å²) in [5.74, 6) is -0.836. The lowest BCUT2D eigenvalue weighted by Crippen LogP contribution is -2.20. The van der Waals surface area contributed by atoms with Crippen LogP contribution in [0.3, 0.4) is 0 Å². The van der Waals surface area contributed by atoms with Crippen LogP contribution in [-0.4, -0.2) is 32.2 Å². The zero-order valence-corrected chi connectivity index (χ0v) is 21.7. The molecular weight excluding hydrogens is 550 g/mol. The van der Waals surface area contributed by atoms with Gasteiger partial charge in [-0.25, -0.2) is 17.8 Å². The molecule has 2 aromatic heterocycles. The maximum atomic E-state index is 14.2. The SMILES string of the molecule is CS(=O)(=O)C1CCOc2cc3sc(C(=O)Nc4cc(Cl)nc(Oc5cccc(Cl)c5F)c4)cc3cc21. The van der Waals surface area contributed by atoms with Gasteiger partial charge >= 0.3 is 0 Å². The summed E-state index contributed by atoms with van der Waals surface area (Å²) in [5.41, 5.74) is 0.881. The summed E-state index contributed by atoms with van der Waals surface area (Å²) >= 11 is 13.1. The lowest BCUT2D eigenvalue weighted by Gasteiger charge is -2.24. The topological polar surface area (TPSA) is 94.6 Å². The van der Waals surface area contributed by atoms with E-state index in [4.69, 9.17) is 32.7 Å². The number of amides is 1. The van der Waals surface area contributed by atoms with Crippen molar-refractivity contribution in [2.75, 3.05) is 18.2 Å². The number of carbonyl (C=O) groups is 1. The van der Waals surface area contributed by atoms with Gasteiger partial charge in [0.15, 0.2) is 21.4 Å². The first-order valence-corrected chi connectivity index (χ1v) is 14.1. The highest BCUT2D eigenvalue weighted by Crippen LogP contribution is 2.41. The van der Waals surface area contributed by atoms with Crippen molar-refractivity contribution in [3.8, 4) is 17.4 Å². The van der Waals surface area contributed by atoms with E-state index in [2.05, 4.69) is 10.3 Å². The lowest BCUT2D eigenvalue weighted by atomic mass is 10.0. The Kier molecular flexibility index (Phi) is 6.54. The molecule has 0 radical (unpaired) electrons. The highest BCUT2D eigenvalue weighted by molar-refractivity contribution is 7.90. The maximum Gasteiger partial charge on any atom is 0.265 e. The molecule has 36 heavy (non-hydrogen) atoms. The number of thiophene rings is 1. The van der Waals surface area contributed by atoms with Gasteiger partial charge in [-0.2, -0.15) is 0 Å². The second-order valence-corrected chi connectivity index (χ2v) is 12.2. The highest BCUT2D eigenvalue weighted by atomic mass is 35.5. The van der Waals surface area contributed by atoms with Crippen molar-refractivity contribution in [3.63, 3.8) is 0 Å². The molecule has 0 bridgehead atoms. The van der Waals surface area contributed by atoms with E-state index in [-0.39, 0.29) is 27.5 Å². The number of nitrogens with one attached hydrogen (secondary N) is 1. The van der Waals surface area contributed by atoms with Crippen molar-refractivity contribution in [3.05, 3.63) is 75.0 Å². The average molecular weight is 567 g/mol. The fourth-order valence-corrected chi connectivity index (χ4v) is 6.42. The number of hydrogen-bond donors (Lipinski definition) is 1. The van der Waals surface area contributed by atoms with Crippen molar-refractivity contribution in [1.29, 1.82) is 0 Å². The molecule has 0 saturated carbocycles. The van der Waals surface area contributed by atoms with Gasteiger partial charge < -0.3 is 14.8 Å². The predicted octanol–water partition coefficient (Wildman–Crippen LogP) is 6.66. The van der Waals surface area contributed by atoms with Gasteiger partial charge in [0.2, 0.25) is 5.88 Å². The number of benzene rings is 2. The molecule has 1 aliphatic rings. The molecule has 0 fully saturated rings. The van der Waals surface area contributed by atoms with E-state index in [1.165, 1.54) is 47.9 Å². The Morgan fingerprint density at radius 2 is 2.03 bits per heavy atom. The first-order chi connectivity index (χ1) is 17.1. The van der Waals surface area contributed by atoms with E-state index in [1.54, 1.807) is 18.2 Å². The third-order valence-corrected chi connectivity index (χ3v) is 8.64. The molecule has 1 unspecified atom stereocenters. The van der Waals surface area contributed by atoms with Gasteiger partial charge in [-0.15, -0.1) is 11.3 Å². The number of anilines is 1. The molecule has 4 aromatic rings. The van der Waals surface area contributed by atoms with Crippen LogP contribution in [0.5, 0.6) is 17.4 Å². The van der Waals surface area contributed by atoms with E-state index in [0.29, 0.717) is 29.2 Å². The van der Waals surface area contributed by atoms with E-state index in [9.17, 15) is 17.6 Å². The molecule has 0 spiro atoms. The third kappa shape index (κ3) is 4.99. The number of sulfone groups is 1. The van der Waals surface area contributed by atoms with Crippen LogP contribution in [0.2, 0.25) is 10.2 Å². The Hall–Kier alpha value is -2.92. The van der Waals surface area contributed by atoms with Crippen LogP contribution < -0.4 is 14.8 Å². The van der Waals surface area contributed by atoms with E-state index >= 15 is 0 Å². The van der Waals surface area contributed by atoms with E-state index in [1.807, 2.05) is 0 Å². The summed E-state index contributed by atoms with van der Waals surface area (Å²) < 4.78 is 50.6. The number of halogens is 3. The molecule has 0 saturated heterocycles. The molecule has 1 aliphatic heterocycles. The van der Waals surface area contributed by atoms with Gasteiger partial charge in [0.05, 0.1) is 21.8 Å². The van der Waals surface area contributed by atoms with Crippen molar-refractivity contribution < 1.29 is 27.1 Å². The molecular formula is C24H17Cl2FN2O5S2. The molecule has 3 heterocycles. The summed E-state index contributed by atoms with van der Waals surface area (Å²) in [7, 11) is -3.31. The van der Waals surface area contributed by atoms with Crippen LogP contribution in [0.1, 0.15) is 26.9 Å². The van der Waals surface area contributed by atoms with Gasteiger partial charge in [0.25, 0.3) is 5.91 Å².